The monoisotopic (exact) mass is 279 g/mol. The normalized spacial score (nSPS) is 21.2. The lowest BCUT2D eigenvalue weighted by Gasteiger charge is -2.43. The molecule has 2 saturated heterocycles. The van der Waals surface area contributed by atoms with Gasteiger partial charge >= 0.3 is 0 Å². The maximum absolute atomic E-state index is 12.3. The van der Waals surface area contributed by atoms with Crippen molar-refractivity contribution >= 4 is 17.5 Å². The number of halogens is 1. The lowest BCUT2D eigenvalue weighted by atomic mass is 10.1. The van der Waals surface area contributed by atoms with Gasteiger partial charge in [0.15, 0.2) is 0 Å². The summed E-state index contributed by atoms with van der Waals surface area (Å²) in [6, 6.07) is 7.81. The van der Waals surface area contributed by atoms with E-state index in [9.17, 15) is 4.79 Å². The molecular weight excluding hydrogens is 262 g/mol. The smallest absolute Gasteiger partial charge is 0.253 e. The summed E-state index contributed by atoms with van der Waals surface area (Å²) in [6.07, 6.45) is 0. The lowest BCUT2D eigenvalue weighted by molar-refractivity contribution is 0.0502. The minimum absolute atomic E-state index is 0.114. The Morgan fingerprint density at radius 1 is 1.11 bits per heavy atom. The maximum atomic E-state index is 12.3. The Morgan fingerprint density at radius 3 is 2.26 bits per heavy atom. The fourth-order valence-electron chi connectivity index (χ4n) is 2.60. The number of benzene rings is 1. The highest BCUT2D eigenvalue weighted by Crippen LogP contribution is 2.14. The molecule has 1 aromatic carbocycles. The van der Waals surface area contributed by atoms with Gasteiger partial charge < -0.3 is 10.2 Å². The second kappa shape index (κ2) is 5.49. The SMILES string of the molecule is O=C(c1ccc(Cl)cc1)N1CCN(C2CNC2)CC1. The molecule has 1 aromatic rings. The first-order valence-corrected chi connectivity index (χ1v) is 7.11. The molecule has 2 heterocycles. The van der Waals surface area contributed by atoms with Crippen LogP contribution >= 0.6 is 11.6 Å². The fraction of sp³-hybridized carbons (Fsp3) is 0.500. The summed E-state index contributed by atoms with van der Waals surface area (Å²) in [5.74, 6) is 0.114. The number of rotatable bonds is 2. The van der Waals surface area contributed by atoms with Gasteiger partial charge in [-0.05, 0) is 24.3 Å². The highest BCUT2D eigenvalue weighted by Gasteiger charge is 2.29. The lowest BCUT2D eigenvalue weighted by Crippen LogP contribution is -2.62. The topological polar surface area (TPSA) is 35.6 Å². The van der Waals surface area contributed by atoms with Crippen LogP contribution in [0.25, 0.3) is 0 Å². The molecule has 0 aromatic heterocycles. The zero-order valence-electron chi connectivity index (χ0n) is 10.8. The molecular formula is C14H18ClN3O. The predicted molar refractivity (Wildman–Crippen MR) is 75.6 cm³/mol. The van der Waals surface area contributed by atoms with Gasteiger partial charge in [-0.2, -0.15) is 0 Å². The second-order valence-corrected chi connectivity index (χ2v) is 5.58. The standard InChI is InChI=1S/C14H18ClN3O/c15-12-3-1-11(2-4-12)14(19)18-7-5-17(6-8-18)13-9-16-10-13/h1-4,13,16H,5-10H2. The fourth-order valence-corrected chi connectivity index (χ4v) is 2.72. The van der Waals surface area contributed by atoms with Crippen LogP contribution < -0.4 is 5.32 Å². The first-order chi connectivity index (χ1) is 9.24. The molecule has 0 atom stereocenters. The second-order valence-electron chi connectivity index (χ2n) is 5.15. The zero-order chi connectivity index (χ0) is 13.2. The van der Waals surface area contributed by atoms with Gasteiger partial charge in [0.2, 0.25) is 0 Å². The molecule has 0 saturated carbocycles. The average Bonchev–Trinajstić information content (AvgIpc) is 2.38. The van der Waals surface area contributed by atoms with Crippen molar-refractivity contribution in [2.45, 2.75) is 6.04 Å². The van der Waals surface area contributed by atoms with Crippen molar-refractivity contribution in [1.82, 2.24) is 15.1 Å². The number of carbonyl (C=O) groups is 1. The average molecular weight is 280 g/mol. The molecule has 19 heavy (non-hydrogen) atoms. The van der Waals surface area contributed by atoms with Crippen molar-refractivity contribution in [2.75, 3.05) is 39.3 Å². The van der Waals surface area contributed by atoms with E-state index in [4.69, 9.17) is 11.6 Å². The van der Waals surface area contributed by atoms with Gasteiger partial charge in [0.1, 0.15) is 0 Å². The van der Waals surface area contributed by atoms with Gasteiger partial charge in [-0.25, -0.2) is 0 Å². The number of piperazine rings is 1. The number of amides is 1. The van der Waals surface area contributed by atoms with Gasteiger partial charge in [0.05, 0.1) is 0 Å². The molecule has 3 rings (SSSR count). The molecule has 1 N–H and O–H groups in total. The molecule has 1 amide bonds. The van der Waals surface area contributed by atoms with E-state index < -0.39 is 0 Å². The van der Waals surface area contributed by atoms with Gasteiger partial charge in [0.25, 0.3) is 5.91 Å². The van der Waals surface area contributed by atoms with Crippen LogP contribution in [-0.2, 0) is 0 Å². The van der Waals surface area contributed by atoms with Crippen LogP contribution in [0.4, 0.5) is 0 Å². The van der Waals surface area contributed by atoms with E-state index in [1.807, 2.05) is 4.90 Å². The van der Waals surface area contributed by atoms with Crippen LogP contribution in [0, 0.1) is 0 Å². The van der Waals surface area contributed by atoms with E-state index in [2.05, 4.69) is 10.2 Å². The molecule has 2 fully saturated rings. The third-order valence-electron chi connectivity index (χ3n) is 3.97. The van der Waals surface area contributed by atoms with Crippen molar-refractivity contribution in [1.29, 1.82) is 0 Å². The molecule has 0 radical (unpaired) electrons. The number of hydrogen-bond acceptors (Lipinski definition) is 3. The van der Waals surface area contributed by atoms with Crippen molar-refractivity contribution in [3.63, 3.8) is 0 Å². The van der Waals surface area contributed by atoms with E-state index in [-0.39, 0.29) is 5.91 Å². The van der Waals surface area contributed by atoms with Crippen LogP contribution in [0.1, 0.15) is 10.4 Å². The first kappa shape index (κ1) is 12.9. The minimum Gasteiger partial charge on any atom is -0.336 e. The van der Waals surface area contributed by atoms with Crippen LogP contribution in [-0.4, -0.2) is 61.0 Å². The van der Waals surface area contributed by atoms with Crippen molar-refractivity contribution < 1.29 is 4.79 Å². The Balaban J connectivity index is 1.58. The Labute approximate surface area is 118 Å². The summed E-state index contributed by atoms with van der Waals surface area (Å²) >= 11 is 5.84. The molecule has 0 spiro atoms. The van der Waals surface area contributed by atoms with Gasteiger partial charge in [0, 0.05) is 55.9 Å². The highest BCUT2D eigenvalue weighted by molar-refractivity contribution is 6.30. The highest BCUT2D eigenvalue weighted by atomic mass is 35.5. The summed E-state index contributed by atoms with van der Waals surface area (Å²) in [5.41, 5.74) is 0.725. The number of carbonyl (C=O) groups excluding carboxylic acids is 1. The molecule has 0 aliphatic carbocycles. The quantitative estimate of drug-likeness (QED) is 0.880. The molecule has 102 valence electrons. The van der Waals surface area contributed by atoms with Crippen LogP contribution in [0.5, 0.6) is 0 Å². The van der Waals surface area contributed by atoms with E-state index in [0.717, 1.165) is 44.8 Å². The Bertz CT molecular complexity index is 450. The molecule has 5 heteroatoms. The number of nitrogens with zero attached hydrogens (tertiary/aromatic N) is 2. The van der Waals surface area contributed by atoms with E-state index in [0.29, 0.717) is 11.1 Å². The molecule has 0 unspecified atom stereocenters. The molecule has 2 aliphatic heterocycles. The van der Waals surface area contributed by atoms with Crippen LogP contribution in [0.3, 0.4) is 0 Å². The number of hydrogen-bond donors (Lipinski definition) is 1. The Hall–Kier alpha value is -1.10. The van der Waals surface area contributed by atoms with Crippen molar-refractivity contribution in [3.8, 4) is 0 Å². The molecule has 0 bridgehead atoms. The summed E-state index contributed by atoms with van der Waals surface area (Å²) in [7, 11) is 0. The van der Waals surface area contributed by atoms with E-state index in [1.165, 1.54) is 0 Å². The predicted octanol–water partition coefficient (Wildman–Crippen LogP) is 1.07. The summed E-state index contributed by atoms with van der Waals surface area (Å²) < 4.78 is 0. The van der Waals surface area contributed by atoms with Crippen LogP contribution in [0.15, 0.2) is 24.3 Å². The zero-order valence-corrected chi connectivity index (χ0v) is 11.6. The number of nitrogens with one attached hydrogen (secondary N) is 1. The summed E-state index contributed by atoms with van der Waals surface area (Å²) in [4.78, 5) is 16.7. The maximum Gasteiger partial charge on any atom is 0.253 e. The third-order valence-corrected chi connectivity index (χ3v) is 4.22. The van der Waals surface area contributed by atoms with Gasteiger partial charge in [-0.1, -0.05) is 11.6 Å². The third kappa shape index (κ3) is 2.76. The Kier molecular flexibility index (Phi) is 3.73. The summed E-state index contributed by atoms with van der Waals surface area (Å²) in [5, 5.41) is 3.95. The minimum atomic E-state index is 0.114. The van der Waals surface area contributed by atoms with Gasteiger partial charge in [-0.15, -0.1) is 0 Å². The van der Waals surface area contributed by atoms with Gasteiger partial charge in [-0.3, -0.25) is 9.69 Å². The van der Waals surface area contributed by atoms with Crippen LogP contribution in [0.2, 0.25) is 5.02 Å². The molecule has 4 nitrogen and oxygen atoms in total. The van der Waals surface area contributed by atoms with E-state index in [1.54, 1.807) is 24.3 Å². The van der Waals surface area contributed by atoms with E-state index >= 15 is 0 Å². The van der Waals surface area contributed by atoms with Crippen molar-refractivity contribution in [3.05, 3.63) is 34.9 Å². The largest absolute Gasteiger partial charge is 0.336 e. The first-order valence-electron chi connectivity index (χ1n) is 6.73. The van der Waals surface area contributed by atoms with Crippen molar-refractivity contribution in [2.24, 2.45) is 0 Å². The Morgan fingerprint density at radius 2 is 1.74 bits per heavy atom. The molecule has 2 aliphatic rings. The summed E-state index contributed by atoms with van der Waals surface area (Å²) in [6.45, 7) is 5.77.